The third-order valence-electron chi connectivity index (χ3n) is 0.283. The minimum atomic E-state index is -0.977. The van der Waals surface area contributed by atoms with Crippen LogP contribution < -0.4 is 0 Å². The lowest BCUT2D eigenvalue weighted by Crippen LogP contribution is -1.78. The van der Waals surface area contributed by atoms with Gasteiger partial charge >= 0.3 is 6.03 Å². The summed E-state index contributed by atoms with van der Waals surface area (Å²) in [5.41, 5.74) is 0. The maximum atomic E-state index is 9.92. The fraction of sp³-hybridized carbons (Fsp3) is 0. The molecule has 0 aromatic rings. The van der Waals surface area contributed by atoms with Crippen LogP contribution in [-0.4, -0.2) is 17.3 Å². The molecule has 0 fully saturated rings. The molecule has 0 aliphatic heterocycles. The van der Waals surface area contributed by atoms with Crippen LogP contribution in [0.15, 0.2) is 9.98 Å². The zero-order chi connectivity index (χ0) is 6.41. The first-order valence-electron chi connectivity index (χ1n) is 1.51. The van der Waals surface area contributed by atoms with Gasteiger partial charge in [-0.2, -0.15) is 0 Å². The Labute approximate surface area is 49.9 Å². The summed E-state index contributed by atoms with van der Waals surface area (Å²) >= 11 is 4.02. The average molecular weight is 128 g/mol. The number of aliphatic imine (C=N–C) groups is 2. The molecular formula is C3N2O2S. The first kappa shape index (κ1) is 6.85. The predicted molar refractivity (Wildman–Crippen MR) is 28.5 cm³/mol. The molecule has 0 aromatic carbocycles. The minimum absolute atomic E-state index is 0.977. The predicted octanol–water partition coefficient (Wildman–Crippen LogP) is 0.545. The second kappa shape index (κ2) is 4.02. The maximum Gasteiger partial charge on any atom is 0.386 e. The molecular weight excluding hydrogens is 128 g/mol. The topological polar surface area (TPSA) is 58.9 Å². The highest BCUT2D eigenvalue weighted by Crippen LogP contribution is 1.73. The summed E-state index contributed by atoms with van der Waals surface area (Å²) in [6, 6.07) is -0.977. The van der Waals surface area contributed by atoms with Crippen molar-refractivity contribution in [2.24, 2.45) is 9.98 Å². The lowest BCUT2D eigenvalue weighted by molar-refractivity contribution is 0.257. The Morgan fingerprint density at radius 2 is 2.12 bits per heavy atom. The van der Waals surface area contributed by atoms with E-state index in [0.717, 1.165) is 6.08 Å². The van der Waals surface area contributed by atoms with Gasteiger partial charge in [-0.3, -0.25) is 0 Å². The highest BCUT2D eigenvalue weighted by molar-refractivity contribution is 7.78. The molecule has 40 valence electrons. The van der Waals surface area contributed by atoms with Gasteiger partial charge in [0.25, 0.3) is 0 Å². The highest BCUT2D eigenvalue weighted by atomic mass is 32.1. The molecule has 0 aliphatic rings. The highest BCUT2D eigenvalue weighted by Gasteiger charge is 1.86. The second-order valence-corrected chi connectivity index (χ2v) is 0.871. The van der Waals surface area contributed by atoms with E-state index in [1.54, 1.807) is 5.16 Å². The lowest BCUT2D eigenvalue weighted by Gasteiger charge is -1.65. The van der Waals surface area contributed by atoms with Gasteiger partial charge in [0.1, 0.15) is 0 Å². The number of nitrogens with zero attached hydrogens (tertiary/aromatic N) is 2. The van der Waals surface area contributed by atoms with Gasteiger partial charge in [0.2, 0.25) is 6.08 Å². The van der Waals surface area contributed by atoms with Crippen LogP contribution in [0.2, 0.25) is 0 Å². The molecule has 0 atom stereocenters. The van der Waals surface area contributed by atoms with Gasteiger partial charge in [-0.15, -0.1) is 9.98 Å². The van der Waals surface area contributed by atoms with Crippen molar-refractivity contribution in [2.75, 3.05) is 0 Å². The van der Waals surface area contributed by atoms with Crippen LogP contribution in [0.4, 0.5) is 4.79 Å². The van der Waals surface area contributed by atoms with E-state index in [4.69, 9.17) is 0 Å². The largest absolute Gasteiger partial charge is 0.386 e. The Bertz CT molecular complexity index is 167. The minimum Gasteiger partial charge on any atom is -0.242 e. The summed E-state index contributed by atoms with van der Waals surface area (Å²) in [6.07, 6.45) is 0.998. The van der Waals surface area contributed by atoms with E-state index in [-0.39, 0.29) is 0 Å². The number of isocyanates is 1. The first-order valence-corrected chi connectivity index (χ1v) is 1.92. The molecule has 8 heavy (non-hydrogen) atoms. The molecule has 0 bridgehead atoms. The Hall–Kier alpha value is -1.15. The van der Waals surface area contributed by atoms with Gasteiger partial charge in [0.05, 0.1) is 5.16 Å². The summed E-state index contributed by atoms with van der Waals surface area (Å²) in [7, 11) is 0. The summed E-state index contributed by atoms with van der Waals surface area (Å²) in [4.78, 5) is 24.6. The first-order chi connectivity index (χ1) is 3.81. The monoisotopic (exact) mass is 128 g/mol. The Kier molecular flexibility index (Phi) is 3.44. The molecule has 0 saturated carbocycles. The van der Waals surface area contributed by atoms with Crippen molar-refractivity contribution in [2.45, 2.75) is 0 Å². The Morgan fingerprint density at radius 3 is 2.50 bits per heavy atom. The maximum absolute atomic E-state index is 9.92. The van der Waals surface area contributed by atoms with Gasteiger partial charge in [-0.25, -0.2) is 9.59 Å². The number of urea groups is 1. The Morgan fingerprint density at radius 1 is 1.50 bits per heavy atom. The molecule has 5 heteroatoms. The standard InChI is InChI=1S/C3N2O2S/c6-1-4-3(7)5-2-8. The van der Waals surface area contributed by atoms with Crippen molar-refractivity contribution in [1.29, 1.82) is 0 Å². The van der Waals surface area contributed by atoms with Crippen LogP contribution in [-0.2, 0) is 4.79 Å². The molecule has 0 aliphatic carbocycles. The number of carbonyl (C=O) groups is 1. The molecule has 0 aromatic heterocycles. The molecule has 0 spiro atoms. The zero-order valence-electron chi connectivity index (χ0n) is 3.62. The van der Waals surface area contributed by atoms with Crippen molar-refractivity contribution in [1.82, 2.24) is 0 Å². The fourth-order valence-electron chi connectivity index (χ4n) is 0.103. The number of amides is 2. The number of rotatable bonds is 0. The van der Waals surface area contributed by atoms with Crippen LogP contribution in [0.1, 0.15) is 0 Å². The summed E-state index contributed by atoms with van der Waals surface area (Å²) in [6.45, 7) is 0. The SMILES string of the molecule is O=C=NC(=O)N=C=S. The van der Waals surface area contributed by atoms with Crippen LogP contribution >= 0.6 is 12.2 Å². The van der Waals surface area contributed by atoms with Gasteiger partial charge < -0.3 is 0 Å². The zero-order valence-corrected chi connectivity index (χ0v) is 4.44. The number of thiocarbonyl (C=S) groups is 1. The quantitative estimate of drug-likeness (QED) is 0.272. The van der Waals surface area contributed by atoms with E-state index in [1.807, 2.05) is 0 Å². The van der Waals surface area contributed by atoms with Gasteiger partial charge in [-0.1, -0.05) is 0 Å². The number of carbonyl (C=O) groups excluding carboxylic acids is 2. The molecule has 0 rings (SSSR count). The normalized spacial score (nSPS) is 6.00. The van der Waals surface area contributed by atoms with Gasteiger partial charge in [-0.05, 0) is 12.2 Å². The third kappa shape index (κ3) is 3.06. The van der Waals surface area contributed by atoms with Crippen molar-refractivity contribution in [3.05, 3.63) is 0 Å². The number of isothiocyanates is 1. The van der Waals surface area contributed by atoms with E-state index < -0.39 is 6.03 Å². The lowest BCUT2D eigenvalue weighted by atomic mass is 11.1. The van der Waals surface area contributed by atoms with E-state index in [1.165, 1.54) is 0 Å². The molecule has 0 N–H and O–H groups in total. The van der Waals surface area contributed by atoms with Crippen molar-refractivity contribution >= 4 is 29.5 Å². The van der Waals surface area contributed by atoms with Crippen molar-refractivity contribution < 1.29 is 9.59 Å². The third-order valence-corrected chi connectivity index (χ3v) is 0.374. The molecule has 0 heterocycles. The average Bonchev–Trinajstić information content (AvgIpc) is 1.68. The summed E-state index contributed by atoms with van der Waals surface area (Å²) < 4.78 is 0. The van der Waals surface area contributed by atoms with Crippen LogP contribution in [0.5, 0.6) is 0 Å². The van der Waals surface area contributed by atoms with Crippen molar-refractivity contribution in [3.8, 4) is 0 Å². The Balaban J connectivity index is 4.04. The summed E-state index contributed by atoms with van der Waals surface area (Å²) in [5, 5.41) is 1.74. The van der Waals surface area contributed by atoms with E-state index >= 15 is 0 Å². The molecule has 0 unspecified atom stereocenters. The fourth-order valence-corrected chi connectivity index (χ4v) is 0.181. The number of hydrogen-bond acceptors (Lipinski definition) is 3. The van der Waals surface area contributed by atoms with Crippen molar-refractivity contribution in [3.63, 3.8) is 0 Å². The van der Waals surface area contributed by atoms with Crippen LogP contribution in [0, 0.1) is 0 Å². The number of hydrogen-bond donors (Lipinski definition) is 0. The smallest absolute Gasteiger partial charge is 0.242 e. The molecule has 2 amide bonds. The van der Waals surface area contributed by atoms with Crippen LogP contribution in [0.25, 0.3) is 0 Å². The van der Waals surface area contributed by atoms with E-state index in [0.29, 0.717) is 0 Å². The second-order valence-electron chi connectivity index (χ2n) is 0.689. The van der Waals surface area contributed by atoms with Crippen LogP contribution in [0.3, 0.4) is 0 Å². The molecule has 0 saturated heterocycles. The van der Waals surface area contributed by atoms with E-state index in [9.17, 15) is 9.59 Å². The van der Waals surface area contributed by atoms with E-state index in [2.05, 4.69) is 22.2 Å². The molecule has 4 nitrogen and oxygen atoms in total. The summed E-state index contributed by atoms with van der Waals surface area (Å²) in [5.74, 6) is 0. The molecule has 0 radical (unpaired) electrons. The van der Waals surface area contributed by atoms with Gasteiger partial charge in [0, 0.05) is 0 Å². The van der Waals surface area contributed by atoms with Gasteiger partial charge in [0.15, 0.2) is 0 Å².